The Hall–Kier alpha value is -0.0400. The van der Waals surface area contributed by atoms with E-state index in [4.69, 9.17) is 11.2 Å². The molecule has 0 aliphatic rings. The van der Waals surface area contributed by atoms with Gasteiger partial charge in [0.25, 0.3) is 0 Å². The molecule has 1 atom stereocenters. The van der Waals surface area contributed by atoms with Gasteiger partial charge in [-0.25, -0.2) is 0 Å². The summed E-state index contributed by atoms with van der Waals surface area (Å²) in [7, 11) is 0. The summed E-state index contributed by atoms with van der Waals surface area (Å²) in [5.74, 6) is 0. The van der Waals surface area contributed by atoms with Gasteiger partial charge in [0.15, 0.2) is 11.4 Å². The van der Waals surface area contributed by atoms with Gasteiger partial charge in [-0.3, -0.25) is 0 Å². The summed E-state index contributed by atoms with van der Waals surface area (Å²) in [5, 5.41) is 0. The summed E-state index contributed by atoms with van der Waals surface area (Å²) >= 11 is 6.46. The lowest BCUT2D eigenvalue weighted by Crippen LogP contribution is -1.61. The van der Waals surface area contributed by atoms with Gasteiger partial charge in [0.05, 0.1) is 4.90 Å². The van der Waals surface area contributed by atoms with Crippen molar-refractivity contribution in [3.8, 4) is 0 Å². The van der Waals surface area contributed by atoms with Crippen molar-refractivity contribution in [1.82, 2.24) is 0 Å². The Bertz CT molecular complexity index is 226. The summed E-state index contributed by atoms with van der Waals surface area (Å²) in [6.45, 7) is 0. The molecule has 0 aromatic heterocycles. The van der Waals surface area contributed by atoms with Crippen LogP contribution in [0.5, 0.6) is 0 Å². The SMILES string of the molecule is O=[P+](Cl)Sc1ccccc1. The fourth-order valence-electron chi connectivity index (χ4n) is 0.564. The second kappa shape index (κ2) is 3.97. The predicted molar refractivity (Wildman–Crippen MR) is 45.8 cm³/mol. The molecular weight excluding hydrogens is 187 g/mol. The van der Waals surface area contributed by atoms with E-state index >= 15 is 0 Å². The summed E-state index contributed by atoms with van der Waals surface area (Å²) in [6.07, 6.45) is -1.64. The van der Waals surface area contributed by atoms with Crippen LogP contribution in [-0.4, -0.2) is 0 Å². The Morgan fingerprint density at radius 2 is 1.90 bits per heavy atom. The molecule has 0 N–H and O–H groups in total. The molecule has 0 fully saturated rings. The molecular formula is C6H5ClOPS+. The summed E-state index contributed by atoms with van der Waals surface area (Å²) in [6, 6.07) is 9.43. The van der Waals surface area contributed by atoms with Crippen LogP contribution in [0, 0.1) is 0 Å². The van der Waals surface area contributed by atoms with Gasteiger partial charge in [-0.05, 0) is 16.7 Å². The highest BCUT2D eigenvalue weighted by atomic mass is 35.7. The molecule has 0 radical (unpaired) electrons. The molecule has 0 amide bonds. The monoisotopic (exact) mass is 191 g/mol. The van der Waals surface area contributed by atoms with Gasteiger partial charge in [0, 0.05) is 0 Å². The third-order valence-corrected chi connectivity index (χ3v) is 3.23. The van der Waals surface area contributed by atoms with Crippen LogP contribution in [0.1, 0.15) is 0 Å². The molecule has 1 aromatic rings. The molecule has 1 unspecified atom stereocenters. The van der Waals surface area contributed by atoms with Crippen molar-refractivity contribution in [3.63, 3.8) is 0 Å². The van der Waals surface area contributed by atoms with Gasteiger partial charge in [0.2, 0.25) is 11.2 Å². The molecule has 0 saturated heterocycles. The van der Waals surface area contributed by atoms with Crippen molar-refractivity contribution in [3.05, 3.63) is 30.3 Å². The minimum atomic E-state index is -1.64. The van der Waals surface area contributed by atoms with Gasteiger partial charge in [0.1, 0.15) is 0 Å². The van der Waals surface area contributed by atoms with E-state index in [2.05, 4.69) is 0 Å². The first kappa shape index (κ1) is 8.06. The molecule has 1 rings (SSSR count). The van der Waals surface area contributed by atoms with Gasteiger partial charge in [-0.1, -0.05) is 18.2 Å². The van der Waals surface area contributed by atoms with Crippen LogP contribution in [0.15, 0.2) is 35.2 Å². The first-order valence-electron chi connectivity index (χ1n) is 2.65. The number of hydrogen-bond acceptors (Lipinski definition) is 2. The Morgan fingerprint density at radius 3 is 2.40 bits per heavy atom. The maximum absolute atomic E-state index is 10.5. The Morgan fingerprint density at radius 1 is 1.30 bits per heavy atom. The van der Waals surface area contributed by atoms with Crippen molar-refractivity contribution in [2.75, 3.05) is 0 Å². The second-order valence-electron chi connectivity index (χ2n) is 1.62. The van der Waals surface area contributed by atoms with E-state index in [0.717, 1.165) is 4.90 Å². The summed E-state index contributed by atoms with van der Waals surface area (Å²) < 4.78 is 10.5. The summed E-state index contributed by atoms with van der Waals surface area (Å²) in [5.41, 5.74) is 0. The van der Waals surface area contributed by atoms with Crippen LogP contribution in [0.3, 0.4) is 0 Å². The van der Waals surface area contributed by atoms with E-state index < -0.39 is 6.36 Å². The highest BCUT2D eigenvalue weighted by Gasteiger charge is 2.13. The molecule has 1 aromatic carbocycles. The van der Waals surface area contributed by atoms with Crippen LogP contribution >= 0.6 is 29.0 Å². The van der Waals surface area contributed by atoms with E-state index in [1.165, 1.54) is 11.4 Å². The highest BCUT2D eigenvalue weighted by Crippen LogP contribution is 2.47. The molecule has 0 aliphatic heterocycles. The largest absolute Gasteiger partial charge is 0.534 e. The quantitative estimate of drug-likeness (QED) is 0.664. The zero-order chi connectivity index (χ0) is 7.40. The smallest absolute Gasteiger partial charge is 0.0622 e. The number of benzene rings is 1. The first-order valence-corrected chi connectivity index (χ1v) is 6.24. The first-order chi connectivity index (χ1) is 4.79. The van der Waals surface area contributed by atoms with Crippen molar-refractivity contribution in [2.24, 2.45) is 0 Å². The van der Waals surface area contributed by atoms with E-state index in [1.807, 2.05) is 30.3 Å². The lowest BCUT2D eigenvalue weighted by atomic mass is 10.4. The maximum atomic E-state index is 10.5. The lowest BCUT2D eigenvalue weighted by Gasteiger charge is -1.83. The molecule has 0 aliphatic carbocycles. The number of rotatable bonds is 2. The van der Waals surface area contributed by atoms with Crippen LogP contribution in [-0.2, 0) is 4.57 Å². The fourth-order valence-corrected chi connectivity index (χ4v) is 2.59. The fraction of sp³-hybridized carbons (Fsp3) is 0. The maximum Gasteiger partial charge on any atom is 0.534 e. The Labute approximate surface area is 69.1 Å². The Balaban J connectivity index is 2.67. The van der Waals surface area contributed by atoms with E-state index in [0.29, 0.717) is 0 Å². The predicted octanol–water partition coefficient (Wildman–Crippen LogP) is 3.67. The average Bonchev–Trinajstić information content (AvgIpc) is 1.88. The number of hydrogen-bond donors (Lipinski definition) is 0. The zero-order valence-electron chi connectivity index (χ0n) is 5.03. The van der Waals surface area contributed by atoms with E-state index in [-0.39, 0.29) is 0 Å². The molecule has 52 valence electrons. The minimum absolute atomic E-state index is 0.943. The number of halogens is 1. The van der Waals surface area contributed by atoms with Crippen molar-refractivity contribution in [1.29, 1.82) is 0 Å². The normalized spacial score (nSPS) is 11.1. The molecule has 4 heteroatoms. The zero-order valence-corrected chi connectivity index (χ0v) is 7.50. The van der Waals surface area contributed by atoms with Crippen LogP contribution in [0.25, 0.3) is 0 Å². The Kier molecular flexibility index (Phi) is 3.20. The summed E-state index contributed by atoms with van der Waals surface area (Å²) in [4.78, 5) is 0.943. The van der Waals surface area contributed by atoms with E-state index in [9.17, 15) is 4.57 Å². The van der Waals surface area contributed by atoms with Crippen molar-refractivity contribution < 1.29 is 4.57 Å². The van der Waals surface area contributed by atoms with Crippen molar-refractivity contribution in [2.45, 2.75) is 4.90 Å². The van der Waals surface area contributed by atoms with Gasteiger partial charge in [-0.15, -0.1) is 0 Å². The van der Waals surface area contributed by atoms with E-state index in [1.54, 1.807) is 0 Å². The molecule has 0 heterocycles. The van der Waals surface area contributed by atoms with Gasteiger partial charge < -0.3 is 0 Å². The van der Waals surface area contributed by atoms with Crippen molar-refractivity contribution >= 4 is 29.0 Å². The second-order valence-corrected chi connectivity index (χ2v) is 5.76. The molecule has 0 spiro atoms. The third-order valence-electron chi connectivity index (χ3n) is 0.920. The minimum Gasteiger partial charge on any atom is -0.0622 e. The molecule has 0 bridgehead atoms. The molecule has 0 saturated carbocycles. The average molecular weight is 192 g/mol. The topological polar surface area (TPSA) is 17.1 Å². The highest BCUT2D eigenvalue weighted by molar-refractivity contribution is 8.58. The van der Waals surface area contributed by atoms with Crippen LogP contribution in [0.4, 0.5) is 0 Å². The third kappa shape index (κ3) is 2.70. The lowest BCUT2D eigenvalue weighted by molar-refractivity contribution is 0.603. The van der Waals surface area contributed by atoms with Crippen LogP contribution in [0.2, 0.25) is 0 Å². The standard InChI is InChI=1S/C6H5ClOPS/c7-9(8)10-6-4-2-1-3-5-6/h1-5H/q+1. The van der Waals surface area contributed by atoms with Crippen LogP contribution < -0.4 is 0 Å². The van der Waals surface area contributed by atoms with Gasteiger partial charge >= 0.3 is 6.36 Å². The van der Waals surface area contributed by atoms with Gasteiger partial charge in [-0.2, -0.15) is 0 Å². The molecule has 1 nitrogen and oxygen atoms in total. The molecule has 10 heavy (non-hydrogen) atoms.